The number of aromatic nitrogens is 1. The molecule has 24 heavy (non-hydrogen) atoms. The van der Waals surface area contributed by atoms with E-state index >= 15 is 0 Å². The van der Waals surface area contributed by atoms with Gasteiger partial charge in [0, 0.05) is 23.5 Å². The molecule has 0 aliphatic rings. The van der Waals surface area contributed by atoms with Crippen molar-refractivity contribution in [2.75, 3.05) is 27.4 Å². The highest BCUT2D eigenvalue weighted by Gasteiger charge is 2.20. The number of benzene rings is 1. The van der Waals surface area contributed by atoms with E-state index in [1.807, 2.05) is 18.2 Å². The Bertz CT molecular complexity index is 720. The molecule has 0 aliphatic carbocycles. The molecule has 0 spiro atoms. The molecule has 0 radical (unpaired) electrons. The molecule has 1 aromatic heterocycles. The Balaban J connectivity index is 2.19. The number of methoxy groups -OCH3 is 2. The van der Waals surface area contributed by atoms with Crippen molar-refractivity contribution < 1.29 is 19.1 Å². The van der Waals surface area contributed by atoms with Crippen LogP contribution in [0.5, 0.6) is 0 Å². The van der Waals surface area contributed by atoms with Gasteiger partial charge in [-0.1, -0.05) is 12.1 Å². The molecule has 0 saturated carbocycles. The molecule has 128 valence electrons. The van der Waals surface area contributed by atoms with E-state index in [-0.39, 0.29) is 11.6 Å². The molecular formula is C16H17BrN2O4S. The SMILES string of the molecule is COCCN(Cc1nc(C(=O)OC)cs1)C(=O)c1ccccc1Br. The highest BCUT2D eigenvalue weighted by molar-refractivity contribution is 9.10. The Hall–Kier alpha value is -1.77. The van der Waals surface area contributed by atoms with Crippen LogP contribution in [0.4, 0.5) is 0 Å². The molecule has 0 unspecified atom stereocenters. The lowest BCUT2D eigenvalue weighted by atomic mass is 10.2. The Morgan fingerprint density at radius 3 is 2.71 bits per heavy atom. The molecule has 2 aromatic rings. The Morgan fingerprint density at radius 1 is 1.29 bits per heavy atom. The minimum absolute atomic E-state index is 0.130. The lowest BCUT2D eigenvalue weighted by Gasteiger charge is -2.22. The molecular weight excluding hydrogens is 396 g/mol. The van der Waals surface area contributed by atoms with Gasteiger partial charge in [0.1, 0.15) is 5.01 Å². The second-order valence-corrected chi connectivity index (χ2v) is 6.61. The monoisotopic (exact) mass is 412 g/mol. The van der Waals surface area contributed by atoms with Gasteiger partial charge in [-0.25, -0.2) is 9.78 Å². The number of thiazole rings is 1. The van der Waals surface area contributed by atoms with Gasteiger partial charge in [0.05, 0.1) is 25.8 Å². The van der Waals surface area contributed by atoms with Crippen molar-refractivity contribution in [2.24, 2.45) is 0 Å². The number of halogens is 1. The summed E-state index contributed by atoms with van der Waals surface area (Å²) in [6.07, 6.45) is 0. The van der Waals surface area contributed by atoms with E-state index in [0.29, 0.717) is 30.3 Å². The number of amides is 1. The summed E-state index contributed by atoms with van der Waals surface area (Å²) in [4.78, 5) is 30.2. The molecule has 1 aromatic carbocycles. The van der Waals surface area contributed by atoms with Gasteiger partial charge in [0.25, 0.3) is 5.91 Å². The molecule has 8 heteroatoms. The quantitative estimate of drug-likeness (QED) is 0.653. The summed E-state index contributed by atoms with van der Waals surface area (Å²) in [7, 11) is 2.89. The molecule has 2 rings (SSSR count). The van der Waals surface area contributed by atoms with Crippen LogP contribution in [-0.2, 0) is 16.0 Å². The molecule has 0 atom stereocenters. The van der Waals surface area contributed by atoms with E-state index in [9.17, 15) is 9.59 Å². The fraction of sp³-hybridized carbons (Fsp3) is 0.312. The average Bonchev–Trinajstić information content (AvgIpc) is 3.06. The standard InChI is InChI=1S/C16H17BrN2O4S/c1-22-8-7-19(15(20)11-5-3-4-6-12(11)17)9-14-18-13(10-24-14)16(21)23-2/h3-6,10H,7-9H2,1-2H3. The zero-order valence-electron chi connectivity index (χ0n) is 13.3. The van der Waals surface area contributed by atoms with Crippen LogP contribution in [-0.4, -0.2) is 49.1 Å². The number of ether oxygens (including phenoxy) is 2. The van der Waals surface area contributed by atoms with Crippen LogP contribution < -0.4 is 0 Å². The van der Waals surface area contributed by atoms with Gasteiger partial charge in [-0.15, -0.1) is 11.3 Å². The highest BCUT2D eigenvalue weighted by Crippen LogP contribution is 2.20. The van der Waals surface area contributed by atoms with Crippen LogP contribution in [0.1, 0.15) is 25.9 Å². The Labute approximate surface area is 152 Å². The molecule has 0 bridgehead atoms. The Kier molecular flexibility index (Phi) is 6.89. The first kappa shape index (κ1) is 18.6. The van der Waals surface area contributed by atoms with Crippen LogP contribution in [0.15, 0.2) is 34.1 Å². The first-order valence-corrected chi connectivity index (χ1v) is 8.79. The van der Waals surface area contributed by atoms with Gasteiger partial charge in [-0.05, 0) is 28.1 Å². The largest absolute Gasteiger partial charge is 0.464 e. The summed E-state index contributed by atoms with van der Waals surface area (Å²) in [5.74, 6) is -0.618. The Morgan fingerprint density at radius 2 is 2.04 bits per heavy atom. The smallest absolute Gasteiger partial charge is 0.357 e. The van der Waals surface area contributed by atoms with E-state index in [1.54, 1.807) is 23.5 Å². The van der Waals surface area contributed by atoms with Crippen molar-refractivity contribution >= 4 is 39.1 Å². The van der Waals surface area contributed by atoms with Gasteiger partial charge in [0.2, 0.25) is 0 Å². The first-order chi connectivity index (χ1) is 11.6. The number of esters is 1. The minimum Gasteiger partial charge on any atom is -0.464 e. The molecule has 1 heterocycles. The number of hydrogen-bond donors (Lipinski definition) is 0. The number of carbonyl (C=O) groups excluding carboxylic acids is 2. The van der Waals surface area contributed by atoms with Crippen molar-refractivity contribution in [3.8, 4) is 0 Å². The van der Waals surface area contributed by atoms with Crippen molar-refractivity contribution in [3.63, 3.8) is 0 Å². The van der Waals surface area contributed by atoms with E-state index < -0.39 is 5.97 Å². The average molecular weight is 413 g/mol. The maximum absolute atomic E-state index is 12.8. The summed E-state index contributed by atoms with van der Waals surface area (Å²) in [5, 5.41) is 2.28. The van der Waals surface area contributed by atoms with Gasteiger partial charge < -0.3 is 14.4 Å². The van der Waals surface area contributed by atoms with Crippen molar-refractivity contribution in [2.45, 2.75) is 6.54 Å². The maximum Gasteiger partial charge on any atom is 0.357 e. The van der Waals surface area contributed by atoms with E-state index in [4.69, 9.17) is 4.74 Å². The summed E-state index contributed by atoms with van der Waals surface area (Å²) >= 11 is 4.71. The fourth-order valence-corrected chi connectivity index (χ4v) is 3.24. The van der Waals surface area contributed by atoms with E-state index in [2.05, 4.69) is 25.7 Å². The summed E-state index contributed by atoms with van der Waals surface area (Å²) in [6.45, 7) is 1.13. The second kappa shape index (κ2) is 8.91. The van der Waals surface area contributed by atoms with Gasteiger partial charge in [-0.3, -0.25) is 4.79 Å². The van der Waals surface area contributed by atoms with E-state index in [0.717, 1.165) is 4.47 Å². The molecule has 0 saturated heterocycles. The van der Waals surface area contributed by atoms with Crippen LogP contribution in [0.3, 0.4) is 0 Å². The lowest BCUT2D eigenvalue weighted by Crippen LogP contribution is -2.33. The molecule has 1 amide bonds. The maximum atomic E-state index is 12.8. The topological polar surface area (TPSA) is 68.7 Å². The molecule has 0 N–H and O–H groups in total. The minimum atomic E-state index is -0.488. The number of hydrogen-bond acceptors (Lipinski definition) is 6. The van der Waals surface area contributed by atoms with Crippen molar-refractivity contribution in [3.05, 3.63) is 50.4 Å². The second-order valence-electron chi connectivity index (χ2n) is 4.82. The molecule has 0 fully saturated rings. The fourth-order valence-electron chi connectivity index (χ4n) is 2.00. The number of nitrogens with zero attached hydrogens (tertiary/aromatic N) is 2. The first-order valence-electron chi connectivity index (χ1n) is 7.12. The predicted octanol–water partition coefficient (Wildman–Crippen LogP) is 2.98. The van der Waals surface area contributed by atoms with Crippen LogP contribution in [0.25, 0.3) is 0 Å². The third-order valence-electron chi connectivity index (χ3n) is 3.23. The lowest BCUT2D eigenvalue weighted by molar-refractivity contribution is 0.0594. The zero-order chi connectivity index (χ0) is 17.5. The van der Waals surface area contributed by atoms with Crippen molar-refractivity contribution in [1.82, 2.24) is 9.88 Å². The van der Waals surface area contributed by atoms with Gasteiger partial charge in [0.15, 0.2) is 5.69 Å². The zero-order valence-corrected chi connectivity index (χ0v) is 15.7. The van der Waals surface area contributed by atoms with Crippen LogP contribution in [0, 0.1) is 0 Å². The molecule has 0 aliphatic heterocycles. The van der Waals surface area contributed by atoms with Crippen LogP contribution >= 0.6 is 27.3 Å². The summed E-state index contributed by atoms with van der Waals surface area (Å²) in [6, 6.07) is 7.24. The number of carbonyl (C=O) groups is 2. The summed E-state index contributed by atoms with van der Waals surface area (Å²) < 4.78 is 10.5. The third-order valence-corrected chi connectivity index (χ3v) is 4.75. The van der Waals surface area contributed by atoms with Gasteiger partial charge in [-0.2, -0.15) is 0 Å². The van der Waals surface area contributed by atoms with E-state index in [1.165, 1.54) is 18.4 Å². The van der Waals surface area contributed by atoms with Crippen molar-refractivity contribution in [1.29, 1.82) is 0 Å². The summed E-state index contributed by atoms with van der Waals surface area (Å²) in [5.41, 5.74) is 0.816. The normalized spacial score (nSPS) is 10.5. The predicted molar refractivity (Wildman–Crippen MR) is 94.2 cm³/mol. The van der Waals surface area contributed by atoms with Crippen LogP contribution in [0.2, 0.25) is 0 Å². The van der Waals surface area contributed by atoms with Gasteiger partial charge >= 0.3 is 5.97 Å². The number of rotatable bonds is 7. The third kappa shape index (κ3) is 4.62. The molecule has 6 nitrogen and oxygen atoms in total. The highest BCUT2D eigenvalue weighted by atomic mass is 79.9.